The lowest BCUT2D eigenvalue weighted by molar-refractivity contribution is -0.125. The topological polar surface area (TPSA) is 32.8 Å². The number of hydrogen-bond donors (Lipinski definition) is 0. The summed E-state index contributed by atoms with van der Waals surface area (Å²) in [6, 6.07) is 8.17. The van der Waals surface area contributed by atoms with Gasteiger partial charge in [0.05, 0.1) is 24.4 Å². The Hall–Kier alpha value is -1.04. The van der Waals surface area contributed by atoms with Gasteiger partial charge < -0.3 is 9.64 Å². The number of anilines is 1. The average molecular weight is 306 g/mol. The Kier molecular flexibility index (Phi) is 4.24. The first-order valence-corrected chi connectivity index (χ1v) is 8.42. The second-order valence-corrected chi connectivity index (χ2v) is 7.32. The van der Waals surface area contributed by atoms with E-state index in [0.29, 0.717) is 13.2 Å². The second-order valence-electron chi connectivity index (χ2n) is 6.18. The Morgan fingerprint density at radius 1 is 1.33 bits per heavy atom. The van der Waals surface area contributed by atoms with Crippen molar-refractivity contribution in [3.8, 4) is 0 Å². The molecule has 1 saturated heterocycles. The van der Waals surface area contributed by atoms with Gasteiger partial charge in [0.15, 0.2) is 0 Å². The first-order valence-electron chi connectivity index (χ1n) is 7.44. The number of para-hydroxylation sites is 1. The standard InChI is InChI=1S/C16H22N2O2S/c1-16(2)12-17(7-9-20-16)11-15(19)18-8-10-21-14-6-4-3-5-13(14)18/h3-6H,7-12H2,1-2H3. The zero-order valence-electron chi connectivity index (χ0n) is 12.7. The van der Waals surface area contributed by atoms with Crippen molar-refractivity contribution in [2.24, 2.45) is 0 Å². The van der Waals surface area contributed by atoms with Crippen molar-refractivity contribution in [1.82, 2.24) is 4.90 Å². The number of rotatable bonds is 2. The molecule has 5 heteroatoms. The van der Waals surface area contributed by atoms with Crippen molar-refractivity contribution in [1.29, 1.82) is 0 Å². The van der Waals surface area contributed by atoms with Crippen LogP contribution in [0.2, 0.25) is 0 Å². The Morgan fingerprint density at radius 3 is 2.95 bits per heavy atom. The van der Waals surface area contributed by atoms with Crippen LogP contribution in [-0.2, 0) is 9.53 Å². The van der Waals surface area contributed by atoms with Crippen LogP contribution in [0.4, 0.5) is 5.69 Å². The fraction of sp³-hybridized carbons (Fsp3) is 0.562. The van der Waals surface area contributed by atoms with Crippen molar-refractivity contribution >= 4 is 23.4 Å². The maximum absolute atomic E-state index is 12.7. The van der Waals surface area contributed by atoms with Gasteiger partial charge >= 0.3 is 0 Å². The van der Waals surface area contributed by atoms with Gasteiger partial charge in [0.25, 0.3) is 0 Å². The van der Waals surface area contributed by atoms with Crippen LogP contribution in [-0.4, -0.2) is 54.9 Å². The molecule has 0 aliphatic carbocycles. The van der Waals surface area contributed by atoms with Crippen LogP contribution in [0.25, 0.3) is 0 Å². The summed E-state index contributed by atoms with van der Waals surface area (Å²) in [7, 11) is 0. The summed E-state index contributed by atoms with van der Waals surface area (Å²) in [5, 5.41) is 0. The number of thioether (sulfide) groups is 1. The smallest absolute Gasteiger partial charge is 0.241 e. The first-order chi connectivity index (χ1) is 10.1. The fourth-order valence-electron chi connectivity index (χ4n) is 2.95. The number of carbonyl (C=O) groups is 1. The summed E-state index contributed by atoms with van der Waals surface area (Å²) >= 11 is 1.83. The number of benzene rings is 1. The number of fused-ring (bicyclic) bond motifs is 1. The summed E-state index contributed by atoms with van der Waals surface area (Å²) in [6.45, 7) is 7.78. The molecule has 0 N–H and O–H groups in total. The van der Waals surface area contributed by atoms with Crippen molar-refractivity contribution in [3.05, 3.63) is 24.3 Å². The van der Waals surface area contributed by atoms with Crippen LogP contribution in [0.1, 0.15) is 13.8 Å². The molecular formula is C16H22N2O2S. The predicted molar refractivity (Wildman–Crippen MR) is 86.0 cm³/mol. The van der Waals surface area contributed by atoms with Gasteiger partial charge in [0, 0.05) is 30.3 Å². The normalized spacial score (nSPS) is 21.9. The van der Waals surface area contributed by atoms with Gasteiger partial charge in [-0.15, -0.1) is 11.8 Å². The van der Waals surface area contributed by atoms with E-state index in [1.54, 1.807) is 0 Å². The van der Waals surface area contributed by atoms with Gasteiger partial charge in [-0.05, 0) is 26.0 Å². The molecule has 1 amide bonds. The maximum Gasteiger partial charge on any atom is 0.241 e. The molecule has 114 valence electrons. The molecule has 0 unspecified atom stereocenters. The van der Waals surface area contributed by atoms with Crippen molar-refractivity contribution in [2.75, 3.05) is 43.4 Å². The Bertz CT molecular complexity index is 533. The molecule has 0 spiro atoms. The fourth-order valence-corrected chi connectivity index (χ4v) is 3.95. The van der Waals surface area contributed by atoms with Gasteiger partial charge in [-0.3, -0.25) is 9.69 Å². The molecule has 1 aromatic rings. The highest BCUT2D eigenvalue weighted by atomic mass is 32.2. The van der Waals surface area contributed by atoms with Gasteiger partial charge in [0.2, 0.25) is 5.91 Å². The molecule has 0 bridgehead atoms. The first kappa shape index (κ1) is 14.9. The van der Waals surface area contributed by atoms with E-state index in [1.165, 1.54) is 4.90 Å². The minimum Gasteiger partial charge on any atom is -0.373 e. The third-order valence-corrected chi connectivity index (χ3v) is 4.94. The number of nitrogens with zero attached hydrogens (tertiary/aromatic N) is 2. The second kappa shape index (κ2) is 5.99. The van der Waals surface area contributed by atoms with Gasteiger partial charge in [-0.25, -0.2) is 0 Å². The molecule has 3 rings (SSSR count). The lowest BCUT2D eigenvalue weighted by atomic mass is 10.1. The SMILES string of the molecule is CC1(C)CN(CC(=O)N2CCSc3ccccc32)CCO1. The van der Waals surface area contributed by atoms with Crippen molar-refractivity contribution in [3.63, 3.8) is 0 Å². The third-order valence-electron chi connectivity index (χ3n) is 3.89. The van der Waals surface area contributed by atoms with Crippen LogP contribution in [0.3, 0.4) is 0 Å². The molecule has 0 saturated carbocycles. The third kappa shape index (κ3) is 3.42. The van der Waals surface area contributed by atoms with Gasteiger partial charge in [0.1, 0.15) is 0 Å². The van der Waals surface area contributed by atoms with Crippen LogP contribution in [0.5, 0.6) is 0 Å². The molecule has 21 heavy (non-hydrogen) atoms. The molecule has 4 nitrogen and oxygen atoms in total. The van der Waals surface area contributed by atoms with Crippen molar-refractivity contribution < 1.29 is 9.53 Å². The van der Waals surface area contributed by atoms with Crippen LogP contribution >= 0.6 is 11.8 Å². The van der Waals surface area contributed by atoms with Crippen LogP contribution < -0.4 is 4.90 Å². The summed E-state index contributed by atoms with van der Waals surface area (Å²) in [5.74, 6) is 1.16. The summed E-state index contributed by atoms with van der Waals surface area (Å²) in [4.78, 5) is 18.0. The summed E-state index contributed by atoms with van der Waals surface area (Å²) in [5.41, 5.74) is 0.903. The van der Waals surface area contributed by atoms with E-state index in [1.807, 2.05) is 34.9 Å². The lowest BCUT2D eigenvalue weighted by Gasteiger charge is -2.39. The highest BCUT2D eigenvalue weighted by Crippen LogP contribution is 2.34. The van der Waals surface area contributed by atoms with E-state index in [2.05, 4.69) is 24.8 Å². The number of morpholine rings is 1. The highest BCUT2D eigenvalue weighted by molar-refractivity contribution is 7.99. The van der Waals surface area contributed by atoms with E-state index in [-0.39, 0.29) is 11.5 Å². The molecule has 0 atom stereocenters. The lowest BCUT2D eigenvalue weighted by Crippen LogP contribution is -2.52. The minimum absolute atomic E-state index is 0.159. The number of ether oxygens (including phenoxy) is 1. The number of amides is 1. The van der Waals surface area contributed by atoms with E-state index in [4.69, 9.17) is 4.74 Å². The van der Waals surface area contributed by atoms with Crippen LogP contribution in [0, 0.1) is 0 Å². The van der Waals surface area contributed by atoms with Crippen molar-refractivity contribution in [2.45, 2.75) is 24.3 Å². The molecule has 1 fully saturated rings. The number of carbonyl (C=O) groups excluding carboxylic acids is 1. The Balaban J connectivity index is 1.69. The zero-order valence-corrected chi connectivity index (χ0v) is 13.5. The summed E-state index contributed by atoms with van der Waals surface area (Å²) < 4.78 is 5.71. The van der Waals surface area contributed by atoms with E-state index in [9.17, 15) is 4.79 Å². The Labute approximate surface area is 130 Å². The van der Waals surface area contributed by atoms with E-state index in [0.717, 1.165) is 31.1 Å². The van der Waals surface area contributed by atoms with Gasteiger partial charge in [-0.2, -0.15) is 0 Å². The Morgan fingerprint density at radius 2 is 2.14 bits per heavy atom. The summed E-state index contributed by atoms with van der Waals surface area (Å²) in [6.07, 6.45) is 0. The number of hydrogen-bond acceptors (Lipinski definition) is 4. The molecule has 1 aromatic carbocycles. The molecular weight excluding hydrogens is 284 g/mol. The van der Waals surface area contributed by atoms with E-state index >= 15 is 0 Å². The molecule has 0 radical (unpaired) electrons. The molecule has 2 aliphatic heterocycles. The van der Waals surface area contributed by atoms with Crippen LogP contribution in [0.15, 0.2) is 29.2 Å². The molecule has 0 aromatic heterocycles. The van der Waals surface area contributed by atoms with Gasteiger partial charge in [-0.1, -0.05) is 12.1 Å². The zero-order chi connectivity index (χ0) is 14.9. The predicted octanol–water partition coefficient (Wildman–Crippen LogP) is 2.24. The largest absolute Gasteiger partial charge is 0.373 e. The highest BCUT2D eigenvalue weighted by Gasteiger charge is 2.30. The molecule has 2 heterocycles. The maximum atomic E-state index is 12.7. The molecule has 2 aliphatic rings. The van der Waals surface area contributed by atoms with E-state index < -0.39 is 0 Å². The quantitative estimate of drug-likeness (QED) is 0.839. The minimum atomic E-state index is -0.159. The monoisotopic (exact) mass is 306 g/mol. The average Bonchev–Trinajstić information content (AvgIpc) is 2.45.